The predicted molar refractivity (Wildman–Crippen MR) is 117 cm³/mol. The van der Waals surface area contributed by atoms with Gasteiger partial charge >= 0.3 is 0 Å². The lowest BCUT2D eigenvalue weighted by atomic mass is 9.94. The molecule has 1 aliphatic heterocycles. The molecule has 0 radical (unpaired) electrons. The molecule has 156 valence electrons. The van der Waals surface area contributed by atoms with Crippen molar-refractivity contribution < 1.29 is 8.42 Å². The maximum atomic E-state index is 13.5. The molecule has 0 amide bonds. The van der Waals surface area contributed by atoms with Gasteiger partial charge in [-0.15, -0.1) is 0 Å². The molecule has 0 spiro atoms. The van der Waals surface area contributed by atoms with Gasteiger partial charge in [-0.1, -0.05) is 18.0 Å². The largest absolute Gasteiger partial charge is 0.264 e. The zero-order chi connectivity index (χ0) is 21.3. The van der Waals surface area contributed by atoms with Gasteiger partial charge in [0, 0.05) is 35.7 Å². The first kappa shape index (κ1) is 20.9. The summed E-state index contributed by atoms with van der Waals surface area (Å²) in [5.74, 6) is 0.620. The topological polar surface area (TPSA) is 76.1 Å². The summed E-state index contributed by atoms with van der Waals surface area (Å²) in [5, 5.41) is 0.506. The molecule has 1 aromatic carbocycles. The van der Waals surface area contributed by atoms with E-state index in [1.807, 2.05) is 19.9 Å². The molecule has 4 rings (SSSR count). The first-order chi connectivity index (χ1) is 14.4. The van der Waals surface area contributed by atoms with Gasteiger partial charge in [0.15, 0.2) is 0 Å². The fraction of sp³-hybridized carbons (Fsp3) is 0.318. The van der Waals surface area contributed by atoms with Gasteiger partial charge in [-0.2, -0.15) is 4.31 Å². The van der Waals surface area contributed by atoms with E-state index in [9.17, 15) is 8.42 Å². The van der Waals surface area contributed by atoms with Crippen molar-refractivity contribution in [3.05, 3.63) is 71.0 Å². The molecule has 1 aliphatic rings. The Hall–Kier alpha value is -2.35. The highest BCUT2D eigenvalue weighted by Gasteiger charge is 2.36. The monoisotopic (exact) mass is 442 g/mol. The van der Waals surface area contributed by atoms with Crippen molar-refractivity contribution in [2.75, 3.05) is 6.54 Å². The van der Waals surface area contributed by atoms with Crippen molar-refractivity contribution in [3.8, 4) is 11.1 Å². The standard InChI is InChI=1S/C22H23ClN4O2S/c1-15-13-24-11-10-19(15)20-14-25-16(2)26-22(20)21-5-3-4-12-27(21)30(28,29)18-8-6-17(23)7-9-18/h6-11,13-14,21H,3-5,12H2,1-2H3/t21-/m0/s1. The number of sulfonamides is 1. The van der Waals surface area contributed by atoms with Crippen LogP contribution in [0.2, 0.25) is 5.02 Å². The van der Waals surface area contributed by atoms with E-state index in [-0.39, 0.29) is 10.9 Å². The highest BCUT2D eigenvalue weighted by atomic mass is 35.5. The number of aryl methyl sites for hydroxylation is 2. The first-order valence-electron chi connectivity index (χ1n) is 9.90. The van der Waals surface area contributed by atoms with Gasteiger partial charge in [-0.25, -0.2) is 18.4 Å². The van der Waals surface area contributed by atoms with Crippen LogP contribution in [0.15, 0.2) is 53.8 Å². The van der Waals surface area contributed by atoms with E-state index < -0.39 is 10.0 Å². The molecular formula is C22H23ClN4O2S. The molecule has 0 saturated carbocycles. The molecule has 1 atom stereocenters. The summed E-state index contributed by atoms with van der Waals surface area (Å²) in [4.78, 5) is 13.5. The molecule has 0 aliphatic carbocycles. The molecule has 1 fully saturated rings. The summed E-state index contributed by atoms with van der Waals surface area (Å²) in [6, 6.07) is 7.89. The van der Waals surface area contributed by atoms with E-state index in [4.69, 9.17) is 16.6 Å². The van der Waals surface area contributed by atoms with Crippen LogP contribution >= 0.6 is 11.6 Å². The summed E-state index contributed by atoms with van der Waals surface area (Å²) in [6.07, 6.45) is 7.78. The second kappa shape index (κ2) is 8.41. The van der Waals surface area contributed by atoms with Crippen molar-refractivity contribution >= 4 is 21.6 Å². The zero-order valence-corrected chi connectivity index (χ0v) is 18.5. The number of pyridine rings is 1. The van der Waals surface area contributed by atoms with E-state index in [2.05, 4.69) is 9.97 Å². The van der Waals surface area contributed by atoms with Gasteiger partial charge in [0.2, 0.25) is 10.0 Å². The van der Waals surface area contributed by atoms with Crippen LogP contribution in [0.5, 0.6) is 0 Å². The third-order valence-electron chi connectivity index (χ3n) is 5.44. The van der Waals surface area contributed by atoms with Crippen LogP contribution < -0.4 is 0 Å². The predicted octanol–water partition coefficient (Wildman–Crippen LogP) is 4.72. The Bertz CT molecular complexity index is 1170. The van der Waals surface area contributed by atoms with Crippen molar-refractivity contribution in [1.82, 2.24) is 19.3 Å². The molecule has 6 nitrogen and oxygen atoms in total. The minimum absolute atomic E-state index is 0.242. The van der Waals surface area contributed by atoms with Crippen LogP contribution in [-0.4, -0.2) is 34.2 Å². The van der Waals surface area contributed by atoms with Gasteiger partial charge in [0.05, 0.1) is 16.6 Å². The molecule has 8 heteroatoms. The lowest BCUT2D eigenvalue weighted by Crippen LogP contribution is -2.39. The Morgan fingerprint density at radius 1 is 1.03 bits per heavy atom. The van der Waals surface area contributed by atoms with E-state index in [0.29, 0.717) is 23.8 Å². The van der Waals surface area contributed by atoms with Crippen LogP contribution in [0, 0.1) is 13.8 Å². The van der Waals surface area contributed by atoms with Crippen LogP contribution in [0.1, 0.15) is 42.4 Å². The molecule has 0 N–H and O–H groups in total. The SMILES string of the molecule is Cc1ncc(-c2ccncc2C)c([C@@H]2CCCCN2S(=O)(=O)c2ccc(Cl)cc2)n1. The maximum Gasteiger partial charge on any atom is 0.243 e. The molecule has 2 aromatic heterocycles. The minimum atomic E-state index is -3.70. The lowest BCUT2D eigenvalue weighted by molar-refractivity contribution is 0.251. The number of halogens is 1. The third-order valence-corrected chi connectivity index (χ3v) is 7.61. The number of hydrogen-bond acceptors (Lipinski definition) is 5. The number of benzene rings is 1. The lowest BCUT2D eigenvalue weighted by Gasteiger charge is -2.35. The normalized spacial score (nSPS) is 17.8. The number of rotatable bonds is 4. The Balaban J connectivity index is 1.83. The van der Waals surface area contributed by atoms with E-state index in [1.165, 1.54) is 0 Å². The van der Waals surface area contributed by atoms with Gasteiger partial charge in [-0.3, -0.25) is 4.98 Å². The Morgan fingerprint density at radius 3 is 2.53 bits per heavy atom. The van der Waals surface area contributed by atoms with E-state index >= 15 is 0 Å². The second-order valence-corrected chi connectivity index (χ2v) is 9.81. The van der Waals surface area contributed by atoms with Crippen molar-refractivity contribution in [2.24, 2.45) is 0 Å². The molecule has 30 heavy (non-hydrogen) atoms. The Labute approximate surface area is 182 Å². The smallest absolute Gasteiger partial charge is 0.243 e. The number of hydrogen-bond donors (Lipinski definition) is 0. The fourth-order valence-electron chi connectivity index (χ4n) is 3.93. The quantitative estimate of drug-likeness (QED) is 0.584. The minimum Gasteiger partial charge on any atom is -0.264 e. The summed E-state index contributed by atoms with van der Waals surface area (Å²) < 4.78 is 28.6. The van der Waals surface area contributed by atoms with Crippen LogP contribution in [0.3, 0.4) is 0 Å². The van der Waals surface area contributed by atoms with Gasteiger partial charge in [-0.05, 0) is 68.1 Å². The molecule has 0 unspecified atom stereocenters. The van der Waals surface area contributed by atoms with Crippen molar-refractivity contribution in [1.29, 1.82) is 0 Å². The molecule has 3 heterocycles. The highest BCUT2D eigenvalue weighted by molar-refractivity contribution is 7.89. The first-order valence-corrected chi connectivity index (χ1v) is 11.7. The fourth-order valence-corrected chi connectivity index (χ4v) is 5.72. The molecule has 1 saturated heterocycles. The Kier molecular flexibility index (Phi) is 5.86. The maximum absolute atomic E-state index is 13.5. The van der Waals surface area contributed by atoms with Crippen molar-refractivity contribution in [3.63, 3.8) is 0 Å². The third kappa shape index (κ3) is 3.97. The van der Waals surface area contributed by atoms with E-state index in [1.54, 1.807) is 47.2 Å². The summed E-state index contributed by atoms with van der Waals surface area (Å²) in [7, 11) is -3.70. The number of nitrogens with zero attached hydrogens (tertiary/aromatic N) is 4. The van der Waals surface area contributed by atoms with Gasteiger partial charge in [0.1, 0.15) is 5.82 Å². The average Bonchev–Trinajstić information content (AvgIpc) is 2.75. The molecule has 0 bridgehead atoms. The zero-order valence-electron chi connectivity index (χ0n) is 16.9. The second-order valence-electron chi connectivity index (χ2n) is 7.49. The average molecular weight is 443 g/mol. The highest BCUT2D eigenvalue weighted by Crippen LogP contribution is 2.39. The Morgan fingerprint density at radius 2 is 1.80 bits per heavy atom. The molecular weight excluding hydrogens is 420 g/mol. The van der Waals surface area contributed by atoms with Crippen LogP contribution in [-0.2, 0) is 10.0 Å². The van der Waals surface area contributed by atoms with Gasteiger partial charge < -0.3 is 0 Å². The van der Waals surface area contributed by atoms with E-state index in [0.717, 1.165) is 35.2 Å². The van der Waals surface area contributed by atoms with Gasteiger partial charge in [0.25, 0.3) is 0 Å². The number of piperidine rings is 1. The van der Waals surface area contributed by atoms with Crippen LogP contribution in [0.4, 0.5) is 0 Å². The van der Waals surface area contributed by atoms with Crippen LogP contribution in [0.25, 0.3) is 11.1 Å². The number of aromatic nitrogens is 3. The van der Waals surface area contributed by atoms with Crippen molar-refractivity contribution in [2.45, 2.75) is 44.0 Å². The summed E-state index contributed by atoms with van der Waals surface area (Å²) in [6.45, 7) is 4.26. The summed E-state index contributed by atoms with van der Waals surface area (Å²) >= 11 is 5.96. The molecule has 3 aromatic rings. The summed E-state index contributed by atoms with van der Waals surface area (Å²) in [5.41, 5.74) is 3.56.